The van der Waals surface area contributed by atoms with Crippen LogP contribution in [0.1, 0.15) is 22.8 Å². The van der Waals surface area contributed by atoms with Crippen molar-refractivity contribution in [2.24, 2.45) is 0 Å². The number of piperazine rings is 1. The molecule has 2 N–H and O–H groups in total. The molecule has 6 nitrogen and oxygen atoms in total. The molecule has 3 rings (SSSR count). The molecule has 0 aromatic heterocycles. The Balaban J connectivity index is 1.71. The number of urea groups is 1. The van der Waals surface area contributed by atoms with E-state index in [-0.39, 0.29) is 23.6 Å². The molecule has 0 radical (unpaired) electrons. The lowest BCUT2D eigenvalue weighted by molar-refractivity contribution is 0.101. The number of amides is 2. The van der Waals surface area contributed by atoms with Crippen LogP contribution in [0.5, 0.6) is 5.75 Å². The molecule has 112 valence electrons. The maximum absolute atomic E-state index is 11.6. The summed E-state index contributed by atoms with van der Waals surface area (Å²) in [5.74, 6) is 0.203. The van der Waals surface area contributed by atoms with Gasteiger partial charge in [-0.05, 0) is 25.1 Å². The predicted octanol–water partition coefficient (Wildman–Crippen LogP) is 0.804. The van der Waals surface area contributed by atoms with Crippen molar-refractivity contribution in [1.29, 1.82) is 0 Å². The van der Waals surface area contributed by atoms with E-state index >= 15 is 0 Å². The maximum atomic E-state index is 11.6. The number of carbonyl (C=O) groups excluding carboxylic acids is 2. The lowest BCUT2D eigenvalue weighted by Gasteiger charge is -2.36. The monoisotopic (exact) mass is 289 g/mol. The summed E-state index contributed by atoms with van der Waals surface area (Å²) in [6.07, 6.45) is 0. The maximum Gasteiger partial charge on any atom is 0.317 e. The second-order valence-corrected chi connectivity index (χ2v) is 5.67. The molecule has 0 bridgehead atoms. The van der Waals surface area contributed by atoms with Crippen LogP contribution in [0.3, 0.4) is 0 Å². The number of hydrogen-bond donors (Lipinski definition) is 2. The number of rotatable bonds is 3. The SMILES string of the molecule is CC(=O)c1ccc(O)c(CN2CCN3C(=O)NCC3C2)c1. The standard InChI is InChI=1S/C15H19N3O3/c1-10(19)11-2-3-14(20)12(6-11)8-17-4-5-18-13(9-17)7-16-15(18)21/h2-3,6,13,20H,4-5,7-9H2,1H3,(H,16,21). The van der Waals surface area contributed by atoms with Crippen LogP contribution in [0.4, 0.5) is 4.79 Å². The van der Waals surface area contributed by atoms with Gasteiger partial charge in [-0.1, -0.05) is 0 Å². The zero-order valence-electron chi connectivity index (χ0n) is 12.0. The predicted molar refractivity (Wildman–Crippen MR) is 77.3 cm³/mol. The van der Waals surface area contributed by atoms with E-state index in [1.165, 1.54) is 6.92 Å². The third kappa shape index (κ3) is 2.71. The zero-order chi connectivity index (χ0) is 15.0. The molecular formula is C15H19N3O3. The van der Waals surface area contributed by atoms with Crippen molar-refractivity contribution in [1.82, 2.24) is 15.1 Å². The van der Waals surface area contributed by atoms with Gasteiger partial charge in [-0.2, -0.15) is 0 Å². The molecule has 21 heavy (non-hydrogen) atoms. The van der Waals surface area contributed by atoms with Gasteiger partial charge in [-0.15, -0.1) is 0 Å². The summed E-state index contributed by atoms with van der Waals surface area (Å²) in [6, 6.07) is 5.18. The van der Waals surface area contributed by atoms with Gasteiger partial charge in [0.05, 0.1) is 6.04 Å². The van der Waals surface area contributed by atoms with Gasteiger partial charge in [-0.25, -0.2) is 4.79 Å². The van der Waals surface area contributed by atoms with Crippen LogP contribution in [0.15, 0.2) is 18.2 Å². The molecule has 2 amide bonds. The van der Waals surface area contributed by atoms with Crippen molar-refractivity contribution in [3.63, 3.8) is 0 Å². The van der Waals surface area contributed by atoms with Crippen LogP contribution in [0.25, 0.3) is 0 Å². The van der Waals surface area contributed by atoms with E-state index in [0.29, 0.717) is 25.2 Å². The summed E-state index contributed by atoms with van der Waals surface area (Å²) in [4.78, 5) is 27.1. The number of carbonyl (C=O) groups is 2. The Morgan fingerprint density at radius 3 is 3.00 bits per heavy atom. The van der Waals surface area contributed by atoms with Gasteiger partial charge >= 0.3 is 6.03 Å². The first kappa shape index (κ1) is 13.9. The van der Waals surface area contributed by atoms with Gasteiger partial charge < -0.3 is 15.3 Å². The molecule has 0 aliphatic carbocycles. The Bertz CT molecular complexity index is 588. The average Bonchev–Trinajstić information content (AvgIpc) is 2.82. The molecule has 0 saturated carbocycles. The molecule has 2 saturated heterocycles. The normalized spacial score (nSPS) is 22.0. The molecular weight excluding hydrogens is 270 g/mol. The number of nitrogens with zero attached hydrogens (tertiary/aromatic N) is 2. The van der Waals surface area contributed by atoms with Gasteiger partial charge in [-0.3, -0.25) is 9.69 Å². The lowest BCUT2D eigenvalue weighted by atomic mass is 10.1. The average molecular weight is 289 g/mol. The van der Waals surface area contributed by atoms with Gasteiger partial charge in [0.2, 0.25) is 0 Å². The van der Waals surface area contributed by atoms with Crippen LogP contribution >= 0.6 is 0 Å². The van der Waals surface area contributed by atoms with E-state index in [1.807, 2.05) is 4.90 Å². The van der Waals surface area contributed by atoms with E-state index in [1.54, 1.807) is 18.2 Å². The fraction of sp³-hybridized carbons (Fsp3) is 0.467. The third-order valence-electron chi connectivity index (χ3n) is 4.20. The van der Waals surface area contributed by atoms with Crippen molar-refractivity contribution in [2.45, 2.75) is 19.5 Å². The first-order valence-corrected chi connectivity index (χ1v) is 7.14. The molecule has 0 spiro atoms. The van der Waals surface area contributed by atoms with Crippen molar-refractivity contribution < 1.29 is 14.7 Å². The third-order valence-corrected chi connectivity index (χ3v) is 4.20. The summed E-state index contributed by atoms with van der Waals surface area (Å²) >= 11 is 0. The van der Waals surface area contributed by atoms with Crippen LogP contribution in [0.2, 0.25) is 0 Å². The molecule has 2 aliphatic heterocycles. The van der Waals surface area contributed by atoms with E-state index < -0.39 is 0 Å². The molecule has 1 unspecified atom stereocenters. The minimum Gasteiger partial charge on any atom is -0.508 e. The number of Topliss-reactive ketones (excluding diaryl/α,β-unsaturated/α-hetero) is 1. The number of nitrogens with one attached hydrogen (secondary N) is 1. The summed E-state index contributed by atoms with van der Waals surface area (Å²) in [5, 5.41) is 12.8. The molecule has 2 fully saturated rings. The Kier molecular flexibility index (Phi) is 3.55. The van der Waals surface area contributed by atoms with Crippen molar-refractivity contribution >= 4 is 11.8 Å². The van der Waals surface area contributed by atoms with Gasteiger partial charge in [0.15, 0.2) is 5.78 Å². The summed E-state index contributed by atoms with van der Waals surface area (Å²) in [7, 11) is 0. The van der Waals surface area contributed by atoms with Gasteiger partial charge in [0.25, 0.3) is 0 Å². The highest BCUT2D eigenvalue weighted by molar-refractivity contribution is 5.94. The van der Waals surface area contributed by atoms with Crippen molar-refractivity contribution in [3.8, 4) is 5.75 Å². The minimum atomic E-state index is -0.00772. The number of phenolic OH excluding ortho intramolecular Hbond substituents is 1. The van der Waals surface area contributed by atoms with Crippen LogP contribution in [0, 0.1) is 0 Å². The number of hydrogen-bond acceptors (Lipinski definition) is 4. The highest BCUT2D eigenvalue weighted by atomic mass is 16.3. The van der Waals surface area contributed by atoms with Crippen LogP contribution in [-0.4, -0.2) is 58.9 Å². The first-order chi connectivity index (χ1) is 10.0. The quantitative estimate of drug-likeness (QED) is 0.808. The number of benzene rings is 1. The number of phenols is 1. The topological polar surface area (TPSA) is 72.9 Å². The second-order valence-electron chi connectivity index (χ2n) is 5.67. The number of ketones is 1. The fourth-order valence-corrected chi connectivity index (χ4v) is 2.98. The Morgan fingerprint density at radius 1 is 1.43 bits per heavy atom. The van der Waals surface area contributed by atoms with Crippen molar-refractivity contribution in [3.05, 3.63) is 29.3 Å². The van der Waals surface area contributed by atoms with Crippen molar-refractivity contribution in [2.75, 3.05) is 26.2 Å². The zero-order valence-corrected chi connectivity index (χ0v) is 12.0. The van der Waals surface area contributed by atoms with E-state index in [4.69, 9.17) is 0 Å². The van der Waals surface area contributed by atoms with E-state index in [2.05, 4.69) is 10.2 Å². The summed E-state index contributed by atoms with van der Waals surface area (Å²) < 4.78 is 0. The summed E-state index contributed by atoms with van der Waals surface area (Å²) in [6.45, 7) is 5.03. The number of aromatic hydroxyl groups is 1. The molecule has 1 atom stereocenters. The lowest BCUT2D eigenvalue weighted by Crippen LogP contribution is -2.51. The Hall–Kier alpha value is -2.08. The Labute approximate surface area is 123 Å². The smallest absolute Gasteiger partial charge is 0.317 e. The molecule has 1 aromatic rings. The van der Waals surface area contributed by atoms with Gasteiger partial charge in [0.1, 0.15) is 5.75 Å². The Morgan fingerprint density at radius 2 is 2.24 bits per heavy atom. The number of fused-ring (bicyclic) bond motifs is 1. The minimum absolute atomic E-state index is 0.00772. The van der Waals surface area contributed by atoms with E-state index in [0.717, 1.165) is 18.7 Å². The molecule has 2 heterocycles. The first-order valence-electron chi connectivity index (χ1n) is 7.14. The largest absolute Gasteiger partial charge is 0.508 e. The molecule has 6 heteroatoms. The van der Waals surface area contributed by atoms with Crippen LogP contribution < -0.4 is 5.32 Å². The fourth-order valence-electron chi connectivity index (χ4n) is 2.98. The van der Waals surface area contributed by atoms with Gasteiger partial charge in [0, 0.05) is 43.9 Å². The molecule has 1 aromatic carbocycles. The summed E-state index contributed by atoms with van der Waals surface area (Å²) in [5.41, 5.74) is 1.37. The van der Waals surface area contributed by atoms with Crippen LogP contribution in [-0.2, 0) is 6.54 Å². The van der Waals surface area contributed by atoms with E-state index in [9.17, 15) is 14.7 Å². The highest BCUT2D eigenvalue weighted by Gasteiger charge is 2.35. The highest BCUT2D eigenvalue weighted by Crippen LogP contribution is 2.23. The molecule has 2 aliphatic rings. The second kappa shape index (κ2) is 5.37.